The molecule has 0 aliphatic heterocycles. The zero-order chi connectivity index (χ0) is 15.1. The molecule has 1 aromatic carbocycles. The first-order valence-electron chi connectivity index (χ1n) is 6.56. The average molecular weight is 286 g/mol. The van der Waals surface area contributed by atoms with Crippen LogP contribution in [0, 0.1) is 6.92 Å². The molecule has 0 saturated carbocycles. The molecular formula is C15H18N4O2. The van der Waals surface area contributed by atoms with E-state index in [-0.39, 0.29) is 18.4 Å². The summed E-state index contributed by atoms with van der Waals surface area (Å²) in [6.07, 6.45) is 1.56. The van der Waals surface area contributed by atoms with Crippen molar-refractivity contribution in [2.45, 2.75) is 13.5 Å². The Morgan fingerprint density at radius 1 is 1.29 bits per heavy atom. The molecule has 4 N–H and O–H groups in total. The Morgan fingerprint density at radius 3 is 2.71 bits per heavy atom. The number of benzene rings is 1. The molecule has 1 amide bonds. The fourth-order valence-electron chi connectivity index (χ4n) is 1.64. The molecule has 0 fully saturated rings. The molecule has 0 saturated heterocycles. The molecule has 1 heterocycles. The Kier molecular flexibility index (Phi) is 4.98. The quantitative estimate of drug-likeness (QED) is 0.575. The van der Waals surface area contributed by atoms with E-state index >= 15 is 0 Å². The highest BCUT2D eigenvalue weighted by molar-refractivity contribution is 5.93. The van der Waals surface area contributed by atoms with E-state index in [1.54, 1.807) is 18.4 Å². The standard InChI is InChI=1S/C15H18N4O2/c1-11-4-6-12(7-5-11)19-15(16)18-10-14(20)17-9-13-3-2-8-21-13/h2-8H,9-10H2,1H3,(H,17,20)(H3,16,18,19). The third kappa shape index (κ3) is 5.02. The highest BCUT2D eigenvalue weighted by Crippen LogP contribution is 2.07. The fourth-order valence-corrected chi connectivity index (χ4v) is 1.64. The van der Waals surface area contributed by atoms with E-state index in [9.17, 15) is 4.79 Å². The van der Waals surface area contributed by atoms with Gasteiger partial charge in [-0.15, -0.1) is 0 Å². The van der Waals surface area contributed by atoms with Gasteiger partial charge in [-0.25, -0.2) is 4.99 Å². The number of hydrogen-bond donors (Lipinski definition) is 3. The van der Waals surface area contributed by atoms with Crippen LogP contribution in [0.15, 0.2) is 52.1 Å². The van der Waals surface area contributed by atoms with E-state index in [1.165, 1.54) is 0 Å². The monoisotopic (exact) mass is 286 g/mol. The van der Waals surface area contributed by atoms with Crippen molar-refractivity contribution >= 4 is 17.6 Å². The van der Waals surface area contributed by atoms with Crippen LogP contribution in [0.2, 0.25) is 0 Å². The molecule has 0 unspecified atom stereocenters. The summed E-state index contributed by atoms with van der Waals surface area (Å²) in [7, 11) is 0. The van der Waals surface area contributed by atoms with Gasteiger partial charge < -0.3 is 20.8 Å². The first-order valence-corrected chi connectivity index (χ1v) is 6.56. The predicted molar refractivity (Wildman–Crippen MR) is 81.8 cm³/mol. The maximum atomic E-state index is 11.6. The lowest BCUT2D eigenvalue weighted by atomic mass is 10.2. The maximum absolute atomic E-state index is 11.6. The van der Waals surface area contributed by atoms with Gasteiger partial charge in [0.25, 0.3) is 0 Å². The smallest absolute Gasteiger partial charge is 0.242 e. The molecule has 0 radical (unpaired) electrons. The van der Waals surface area contributed by atoms with Crippen molar-refractivity contribution in [2.75, 3.05) is 11.9 Å². The van der Waals surface area contributed by atoms with E-state index in [0.29, 0.717) is 12.3 Å². The number of carbonyl (C=O) groups is 1. The van der Waals surface area contributed by atoms with Crippen molar-refractivity contribution < 1.29 is 9.21 Å². The number of nitrogens with two attached hydrogens (primary N) is 1. The molecular weight excluding hydrogens is 268 g/mol. The second-order valence-corrected chi connectivity index (χ2v) is 4.55. The van der Waals surface area contributed by atoms with Gasteiger partial charge in [0.2, 0.25) is 5.91 Å². The highest BCUT2D eigenvalue weighted by Gasteiger charge is 2.02. The first-order chi connectivity index (χ1) is 10.1. The number of amides is 1. The fraction of sp³-hybridized carbons (Fsp3) is 0.200. The van der Waals surface area contributed by atoms with Crippen LogP contribution in [-0.2, 0) is 11.3 Å². The number of aryl methyl sites for hydroxylation is 1. The Morgan fingerprint density at radius 2 is 2.05 bits per heavy atom. The lowest BCUT2D eigenvalue weighted by Crippen LogP contribution is -2.28. The Labute approximate surface area is 123 Å². The Bertz CT molecular complexity index is 603. The van der Waals surface area contributed by atoms with E-state index in [2.05, 4.69) is 15.6 Å². The Balaban J connectivity index is 1.77. The second-order valence-electron chi connectivity index (χ2n) is 4.55. The van der Waals surface area contributed by atoms with Crippen LogP contribution in [0.1, 0.15) is 11.3 Å². The number of hydrogen-bond acceptors (Lipinski definition) is 3. The minimum absolute atomic E-state index is 0.0363. The summed E-state index contributed by atoms with van der Waals surface area (Å²) in [4.78, 5) is 15.6. The lowest BCUT2D eigenvalue weighted by Gasteiger charge is -2.06. The average Bonchev–Trinajstić information content (AvgIpc) is 2.99. The summed E-state index contributed by atoms with van der Waals surface area (Å²) in [5.74, 6) is 0.671. The number of nitrogens with zero attached hydrogens (tertiary/aromatic N) is 1. The number of nitrogens with one attached hydrogen (secondary N) is 2. The van der Waals surface area contributed by atoms with Gasteiger partial charge >= 0.3 is 0 Å². The number of carbonyl (C=O) groups excluding carboxylic acids is 1. The lowest BCUT2D eigenvalue weighted by molar-refractivity contribution is -0.119. The van der Waals surface area contributed by atoms with E-state index in [4.69, 9.17) is 10.2 Å². The zero-order valence-corrected chi connectivity index (χ0v) is 11.8. The minimum Gasteiger partial charge on any atom is -0.467 e. The van der Waals surface area contributed by atoms with Crippen LogP contribution in [0.25, 0.3) is 0 Å². The van der Waals surface area contributed by atoms with Crippen LogP contribution >= 0.6 is 0 Å². The van der Waals surface area contributed by atoms with Gasteiger partial charge in [0.15, 0.2) is 5.96 Å². The molecule has 110 valence electrons. The van der Waals surface area contributed by atoms with Crippen LogP contribution in [-0.4, -0.2) is 18.4 Å². The summed E-state index contributed by atoms with van der Waals surface area (Å²) in [6.45, 7) is 2.31. The third-order valence-corrected chi connectivity index (χ3v) is 2.76. The van der Waals surface area contributed by atoms with Crippen molar-refractivity contribution in [2.24, 2.45) is 10.7 Å². The first kappa shape index (κ1) is 14.6. The summed E-state index contributed by atoms with van der Waals surface area (Å²) in [5, 5.41) is 5.61. The summed E-state index contributed by atoms with van der Waals surface area (Å²) in [5.41, 5.74) is 7.72. The highest BCUT2D eigenvalue weighted by atomic mass is 16.3. The normalized spacial score (nSPS) is 11.2. The maximum Gasteiger partial charge on any atom is 0.242 e. The second kappa shape index (κ2) is 7.14. The van der Waals surface area contributed by atoms with Gasteiger partial charge in [-0.2, -0.15) is 0 Å². The van der Waals surface area contributed by atoms with Crippen LogP contribution in [0.5, 0.6) is 0 Å². The molecule has 0 spiro atoms. The van der Waals surface area contributed by atoms with Gasteiger partial charge in [-0.05, 0) is 31.2 Å². The van der Waals surface area contributed by atoms with Crippen molar-refractivity contribution in [1.82, 2.24) is 5.32 Å². The van der Waals surface area contributed by atoms with E-state index in [1.807, 2.05) is 31.2 Å². The zero-order valence-electron chi connectivity index (χ0n) is 11.8. The van der Waals surface area contributed by atoms with Crippen molar-refractivity contribution in [3.63, 3.8) is 0 Å². The number of guanidine groups is 1. The topological polar surface area (TPSA) is 92.6 Å². The molecule has 6 heteroatoms. The predicted octanol–water partition coefficient (Wildman–Crippen LogP) is 1.63. The third-order valence-electron chi connectivity index (χ3n) is 2.76. The molecule has 2 aromatic rings. The van der Waals surface area contributed by atoms with Gasteiger partial charge in [0.1, 0.15) is 12.3 Å². The Hall–Kier alpha value is -2.76. The van der Waals surface area contributed by atoms with Gasteiger partial charge in [0, 0.05) is 5.69 Å². The summed E-state index contributed by atoms with van der Waals surface area (Å²) >= 11 is 0. The van der Waals surface area contributed by atoms with Gasteiger partial charge in [-0.1, -0.05) is 17.7 Å². The number of furan rings is 1. The van der Waals surface area contributed by atoms with Crippen molar-refractivity contribution in [3.05, 3.63) is 54.0 Å². The number of aliphatic imine (C=N–C) groups is 1. The number of rotatable bonds is 5. The van der Waals surface area contributed by atoms with Gasteiger partial charge in [0.05, 0.1) is 12.8 Å². The van der Waals surface area contributed by atoms with E-state index < -0.39 is 0 Å². The summed E-state index contributed by atoms with van der Waals surface area (Å²) in [6, 6.07) is 11.3. The molecule has 0 aliphatic rings. The number of anilines is 1. The van der Waals surface area contributed by atoms with Crippen molar-refractivity contribution in [3.8, 4) is 0 Å². The van der Waals surface area contributed by atoms with Crippen LogP contribution < -0.4 is 16.4 Å². The van der Waals surface area contributed by atoms with Crippen molar-refractivity contribution in [1.29, 1.82) is 0 Å². The van der Waals surface area contributed by atoms with Crippen LogP contribution in [0.3, 0.4) is 0 Å². The minimum atomic E-state index is -0.222. The molecule has 2 rings (SSSR count). The molecule has 0 aliphatic carbocycles. The SMILES string of the molecule is Cc1ccc(NC(N)=NCC(=O)NCc2ccco2)cc1. The summed E-state index contributed by atoms with van der Waals surface area (Å²) < 4.78 is 5.11. The molecule has 1 aromatic heterocycles. The largest absolute Gasteiger partial charge is 0.467 e. The molecule has 0 atom stereocenters. The van der Waals surface area contributed by atoms with E-state index in [0.717, 1.165) is 11.3 Å². The molecule has 21 heavy (non-hydrogen) atoms. The van der Waals surface area contributed by atoms with Crippen LogP contribution in [0.4, 0.5) is 5.69 Å². The van der Waals surface area contributed by atoms with Gasteiger partial charge in [-0.3, -0.25) is 4.79 Å². The molecule has 0 bridgehead atoms. The molecule has 6 nitrogen and oxygen atoms in total.